The number of hydrogen-bond acceptors (Lipinski definition) is 4. The van der Waals surface area contributed by atoms with Crippen LogP contribution in [0.5, 0.6) is 0 Å². The highest BCUT2D eigenvalue weighted by Crippen LogP contribution is 2.29. The minimum Gasteiger partial charge on any atom is -0.273 e. The molecule has 0 bridgehead atoms. The molecule has 9 heteroatoms. The molecule has 6 nitrogen and oxygen atoms in total. The zero-order chi connectivity index (χ0) is 15.6. The maximum absolute atomic E-state index is 13.0. The average molecular weight is 375 g/mol. The van der Waals surface area contributed by atoms with Crippen LogP contribution in [-0.2, 0) is 10.0 Å². The lowest BCUT2D eigenvalue weighted by Crippen LogP contribution is -2.14. The minimum atomic E-state index is -4.08. The Morgan fingerprint density at radius 1 is 1.19 bits per heavy atom. The summed E-state index contributed by atoms with van der Waals surface area (Å²) in [5, 5.41) is 10.9. The number of para-hydroxylation sites is 2. The van der Waals surface area contributed by atoms with Crippen molar-refractivity contribution in [2.24, 2.45) is 0 Å². The van der Waals surface area contributed by atoms with Crippen LogP contribution in [0.3, 0.4) is 0 Å². The first-order valence-electron chi connectivity index (χ1n) is 5.52. The van der Waals surface area contributed by atoms with Crippen LogP contribution in [-0.4, -0.2) is 13.3 Å². The van der Waals surface area contributed by atoms with Crippen molar-refractivity contribution in [1.82, 2.24) is 0 Å². The molecule has 0 aliphatic rings. The van der Waals surface area contributed by atoms with Crippen LogP contribution in [0.1, 0.15) is 0 Å². The van der Waals surface area contributed by atoms with Crippen molar-refractivity contribution in [1.29, 1.82) is 0 Å². The van der Waals surface area contributed by atoms with Gasteiger partial charge in [0.15, 0.2) is 0 Å². The zero-order valence-electron chi connectivity index (χ0n) is 10.3. The first kappa shape index (κ1) is 15.4. The molecule has 0 atom stereocenters. The monoisotopic (exact) mass is 374 g/mol. The van der Waals surface area contributed by atoms with Gasteiger partial charge < -0.3 is 0 Å². The number of hydrogen-bond donors (Lipinski definition) is 1. The Bertz CT molecular complexity index is 811. The van der Waals surface area contributed by atoms with Crippen LogP contribution in [0, 0.1) is 15.9 Å². The number of rotatable bonds is 4. The molecule has 0 unspecified atom stereocenters. The zero-order valence-corrected chi connectivity index (χ0v) is 12.7. The number of nitrogens with zero attached hydrogens (tertiary/aromatic N) is 1. The van der Waals surface area contributed by atoms with E-state index in [0.29, 0.717) is 0 Å². The number of benzene rings is 2. The van der Waals surface area contributed by atoms with Crippen LogP contribution in [0.15, 0.2) is 51.8 Å². The van der Waals surface area contributed by atoms with Gasteiger partial charge in [-0.05, 0) is 40.2 Å². The Labute approximate surface area is 127 Å². The molecule has 110 valence electrons. The van der Waals surface area contributed by atoms with Gasteiger partial charge in [0, 0.05) is 10.5 Å². The predicted molar refractivity (Wildman–Crippen MR) is 78.0 cm³/mol. The highest BCUT2D eigenvalue weighted by atomic mass is 79.9. The van der Waals surface area contributed by atoms with Crippen molar-refractivity contribution < 1.29 is 17.7 Å². The van der Waals surface area contributed by atoms with Crippen molar-refractivity contribution in [2.45, 2.75) is 4.90 Å². The van der Waals surface area contributed by atoms with Gasteiger partial charge in [0.1, 0.15) is 16.4 Å². The molecule has 0 aromatic heterocycles. The molecule has 21 heavy (non-hydrogen) atoms. The molecule has 0 saturated heterocycles. The fraction of sp³-hybridized carbons (Fsp3) is 0. The summed E-state index contributed by atoms with van der Waals surface area (Å²) in [5.41, 5.74) is -0.543. The van der Waals surface area contributed by atoms with Gasteiger partial charge in [-0.1, -0.05) is 12.1 Å². The summed E-state index contributed by atoms with van der Waals surface area (Å²) in [6, 6.07) is 8.38. The van der Waals surface area contributed by atoms with E-state index in [2.05, 4.69) is 20.7 Å². The molecule has 0 saturated carbocycles. The summed E-state index contributed by atoms with van der Waals surface area (Å²) in [6.45, 7) is 0. The number of nitro groups is 1. The first-order valence-corrected chi connectivity index (χ1v) is 7.80. The highest BCUT2D eigenvalue weighted by Gasteiger charge is 2.22. The molecule has 2 rings (SSSR count). The van der Waals surface area contributed by atoms with Gasteiger partial charge in [-0.15, -0.1) is 0 Å². The van der Waals surface area contributed by atoms with E-state index in [1.165, 1.54) is 24.3 Å². The standard InChI is InChI=1S/C12H8BrFN2O4S/c13-9-7-8(14)5-6-12(9)21(19,20)15-10-3-1-2-4-11(10)16(17)18/h1-7,15H. The summed E-state index contributed by atoms with van der Waals surface area (Å²) < 4.78 is 39.6. The highest BCUT2D eigenvalue weighted by molar-refractivity contribution is 9.10. The van der Waals surface area contributed by atoms with Crippen molar-refractivity contribution in [3.63, 3.8) is 0 Å². The molecular weight excluding hydrogens is 367 g/mol. The van der Waals surface area contributed by atoms with Crippen LogP contribution in [0.2, 0.25) is 0 Å². The van der Waals surface area contributed by atoms with Gasteiger partial charge in [-0.3, -0.25) is 14.8 Å². The van der Waals surface area contributed by atoms with Crippen molar-refractivity contribution >= 4 is 37.3 Å². The van der Waals surface area contributed by atoms with Crippen LogP contribution >= 0.6 is 15.9 Å². The summed E-state index contributed by atoms with van der Waals surface area (Å²) in [4.78, 5) is 9.95. The number of nitrogens with one attached hydrogen (secondary N) is 1. The Morgan fingerprint density at radius 2 is 1.86 bits per heavy atom. The van der Waals surface area contributed by atoms with Gasteiger partial charge in [0.25, 0.3) is 15.7 Å². The topological polar surface area (TPSA) is 89.3 Å². The van der Waals surface area contributed by atoms with E-state index in [0.717, 1.165) is 18.2 Å². The number of anilines is 1. The summed E-state index contributed by atoms with van der Waals surface area (Å²) >= 11 is 2.95. The number of sulfonamides is 1. The second-order valence-electron chi connectivity index (χ2n) is 3.95. The molecule has 1 N–H and O–H groups in total. The average Bonchev–Trinajstić information content (AvgIpc) is 2.37. The molecule has 0 amide bonds. The smallest absolute Gasteiger partial charge is 0.273 e. The molecule has 0 aliphatic carbocycles. The molecule has 0 aliphatic heterocycles. The maximum atomic E-state index is 13.0. The van der Waals surface area contributed by atoms with Gasteiger partial charge >= 0.3 is 0 Å². The molecule has 0 spiro atoms. The summed E-state index contributed by atoms with van der Waals surface area (Å²) in [6.07, 6.45) is 0. The van der Waals surface area contributed by atoms with Crippen molar-refractivity contribution in [3.05, 3.63) is 62.9 Å². The lowest BCUT2D eigenvalue weighted by atomic mass is 10.3. The van der Waals surface area contributed by atoms with E-state index in [4.69, 9.17) is 0 Å². The normalized spacial score (nSPS) is 11.1. The molecule has 0 radical (unpaired) electrons. The Balaban J connectivity index is 2.45. The molecule has 0 fully saturated rings. The van der Waals surface area contributed by atoms with Crippen LogP contribution in [0.25, 0.3) is 0 Å². The lowest BCUT2D eigenvalue weighted by Gasteiger charge is -2.09. The van der Waals surface area contributed by atoms with E-state index in [9.17, 15) is 22.9 Å². The molecule has 2 aromatic rings. The predicted octanol–water partition coefficient (Wildman–Crippen LogP) is 3.30. The van der Waals surface area contributed by atoms with E-state index in [1.807, 2.05) is 0 Å². The number of nitro benzene ring substituents is 1. The third-order valence-corrected chi connectivity index (χ3v) is 4.87. The maximum Gasteiger partial charge on any atom is 0.293 e. The van der Waals surface area contributed by atoms with E-state index < -0.39 is 20.8 Å². The summed E-state index contributed by atoms with van der Waals surface area (Å²) in [5.74, 6) is -0.605. The van der Waals surface area contributed by atoms with Crippen molar-refractivity contribution in [2.75, 3.05) is 4.72 Å². The third kappa shape index (κ3) is 3.37. The molecular formula is C12H8BrFN2O4S. The first-order chi connectivity index (χ1) is 9.81. The van der Waals surface area contributed by atoms with Gasteiger partial charge in [-0.2, -0.15) is 0 Å². The van der Waals surface area contributed by atoms with E-state index >= 15 is 0 Å². The second kappa shape index (κ2) is 5.78. The van der Waals surface area contributed by atoms with E-state index in [-0.39, 0.29) is 20.7 Å². The SMILES string of the molecule is O=[N+]([O-])c1ccccc1NS(=O)(=O)c1ccc(F)cc1Br. The second-order valence-corrected chi connectivity index (χ2v) is 6.46. The third-order valence-electron chi connectivity index (χ3n) is 2.53. The van der Waals surface area contributed by atoms with Crippen molar-refractivity contribution in [3.8, 4) is 0 Å². The minimum absolute atomic E-state index is 0.0218. The van der Waals surface area contributed by atoms with Gasteiger partial charge in [-0.25, -0.2) is 12.8 Å². The number of halogens is 2. The Morgan fingerprint density at radius 3 is 2.48 bits per heavy atom. The fourth-order valence-electron chi connectivity index (χ4n) is 1.61. The van der Waals surface area contributed by atoms with Crippen LogP contribution in [0.4, 0.5) is 15.8 Å². The Kier molecular flexibility index (Phi) is 4.24. The molecule has 2 aromatic carbocycles. The fourth-order valence-corrected chi connectivity index (χ4v) is 3.74. The Hall–Kier alpha value is -2.00. The lowest BCUT2D eigenvalue weighted by molar-refractivity contribution is -0.383. The van der Waals surface area contributed by atoms with Gasteiger partial charge in [0.2, 0.25) is 0 Å². The van der Waals surface area contributed by atoms with Gasteiger partial charge in [0.05, 0.1) is 4.92 Å². The summed E-state index contributed by atoms with van der Waals surface area (Å²) in [7, 11) is -4.08. The molecule has 0 heterocycles. The largest absolute Gasteiger partial charge is 0.293 e. The van der Waals surface area contributed by atoms with Crippen LogP contribution < -0.4 is 4.72 Å². The quantitative estimate of drug-likeness (QED) is 0.656. The van der Waals surface area contributed by atoms with E-state index in [1.54, 1.807) is 0 Å².